The number of halogens is 5. The number of amides is 2. The van der Waals surface area contributed by atoms with Crippen LogP contribution in [-0.4, -0.2) is 22.8 Å². The van der Waals surface area contributed by atoms with Gasteiger partial charge in [0, 0.05) is 5.02 Å². The van der Waals surface area contributed by atoms with Crippen LogP contribution in [0, 0.1) is 22.7 Å². The van der Waals surface area contributed by atoms with Crippen LogP contribution in [0.3, 0.4) is 0 Å². The third-order valence-corrected chi connectivity index (χ3v) is 5.06. The molecule has 2 amide bonds. The Bertz CT molecular complexity index is 1230. The van der Waals surface area contributed by atoms with E-state index in [4.69, 9.17) is 33.6 Å². The molecule has 2 aromatic rings. The molecule has 0 aliphatic heterocycles. The van der Waals surface area contributed by atoms with Crippen LogP contribution in [0.4, 0.5) is 23.7 Å². The molecule has 3 N–H and O–H groups in total. The lowest BCUT2D eigenvalue weighted by Gasteiger charge is -2.25. The molecule has 2 aromatic carbocycles. The first-order valence-corrected chi connectivity index (χ1v) is 9.45. The summed E-state index contributed by atoms with van der Waals surface area (Å²) >= 11 is 11.9. The quantitative estimate of drug-likeness (QED) is 0.395. The summed E-state index contributed by atoms with van der Waals surface area (Å²) in [5.74, 6) is -1.26. The highest BCUT2D eigenvalue weighted by Gasteiger charge is 2.37. The summed E-state index contributed by atoms with van der Waals surface area (Å²) in [5, 5.41) is 31.6. The highest BCUT2D eigenvalue weighted by Crippen LogP contribution is 2.41. The number of hydrogen-bond acceptors (Lipinski definition) is 6. The van der Waals surface area contributed by atoms with Crippen molar-refractivity contribution in [1.82, 2.24) is 5.32 Å². The van der Waals surface area contributed by atoms with Gasteiger partial charge in [-0.1, -0.05) is 35.3 Å². The van der Waals surface area contributed by atoms with E-state index in [2.05, 4.69) is 10.5 Å². The lowest BCUT2D eigenvalue weighted by Crippen LogP contribution is -2.34. The Balaban J connectivity index is 2.43. The molecule has 2 rings (SSSR count). The molecule has 0 aliphatic rings. The zero-order valence-electron chi connectivity index (χ0n) is 16.5. The number of rotatable bonds is 5. The van der Waals surface area contributed by atoms with Crippen molar-refractivity contribution in [1.29, 1.82) is 10.5 Å². The number of carboxylic acid groups (broad SMARTS) is 1. The Morgan fingerprint density at radius 1 is 1.06 bits per heavy atom. The number of hydrazone groups is 1. The van der Waals surface area contributed by atoms with Crippen molar-refractivity contribution in [2.45, 2.75) is 18.5 Å². The van der Waals surface area contributed by atoms with Gasteiger partial charge in [-0.25, -0.2) is 4.79 Å². The van der Waals surface area contributed by atoms with Crippen LogP contribution in [0.15, 0.2) is 41.5 Å². The standard InChI is InChI=1S/C20H12Cl2F3N5O3/c1-19(9-27,10-2-5-14(21)13(6-10)20(23,24)25)12-4-3-11(7-15(12)22)29-30-16(8-26)17(31)28-18(32)33/h2-7,29H,1H3,(H,28,31)(H,32,33)/b30-16+. The van der Waals surface area contributed by atoms with Crippen molar-refractivity contribution in [3.8, 4) is 12.1 Å². The first kappa shape index (κ1) is 25.5. The Hall–Kier alpha value is -3.80. The normalized spacial score (nSPS) is 13.3. The molecule has 0 radical (unpaired) electrons. The van der Waals surface area contributed by atoms with E-state index in [1.807, 2.05) is 6.07 Å². The molecule has 8 nitrogen and oxygen atoms in total. The predicted molar refractivity (Wildman–Crippen MR) is 113 cm³/mol. The maximum Gasteiger partial charge on any atom is 0.417 e. The molecular formula is C20H12Cl2F3N5O3. The van der Waals surface area contributed by atoms with Crippen molar-refractivity contribution >= 4 is 46.6 Å². The smallest absolute Gasteiger partial charge is 0.417 e. The highest BCUT2D eigenvalue weighted by atomic mass is 35.5. The molecule has 0 heterocycles. The second-order valence-corrected chi connectivity index (χ2v) is 7.38. The molecular weight excluding hydrogens is 486 g/mol. The monoisotopic (exact) mass is 497 g/mol. The third-order valence-electron chi connectivity index (χ3n) is 4.42. The number of alkyl halides is 3. The molecule has 33 heavy (non-hydrogen) atoms. The molecule has 1 atom stereocenters. The summed E-state index contributed by atoms with van der Waals surface area (Å²) in [4.78, 5) is 22.0. The number of anilines is 1. The van der Waals surface area contributed by atoms with Gasteiger partial charge in [0.15, 0.2) is 0 Å². The lowest BCUT2D eigenvalue weighted by molar-refractivity contribution is -0.137. The molecule has 170 valence electrons. The van der Waals surface area contributed by atoms with E-state index in [0.717, 1.165) is 12.1 Å². The summed E-state index contributed by atoms with van der Waals surface area (Å²) in [5.41, 5.74) is -0.833. The second-order valence-electron chi connectivity index (χ2n) is 6.57. The van der Waals surface area contributed by atoms with Crippen molar-refractivity contribution in [3.05, 3.63) is 63.1 Å². The zero-order chi connectivity index (χ0) is 25.0. The first-order valence-electron chi connectivity index (χ1n) is 8.70. The lowest BCUT2D eigenvalue weighted by atomic mass is 9.77. The average molecular weight is 498 g/mol. The van der Waals surface area contributed by atoms with Crippen LogP contribution in [0.1, 0.15) is 23.6 Å². The maximum absolute atomic E-state index is 13.3. The number of benzene rings is 2. The van der Waals surface area contributed by atoms with Gasteiger partial charge in [0.1, 0.15) is 11.5 Å². The highest BCUT2D eigenvalue weighted by molar-refractivity contribution is 6.46. The minimum atomic E-state index is -4.73. The number of nitriles is 2. The molecule has 13 heteroatoms. The zero-order valence-corrected chi connectivity index (χ0v) is 18.0. The second kappa shape index (κ2) is 9.77. The van der Waals surface area contributed by atoms with Gasteiger partial charge in [0.2, 0.25) is 5.71 Å². The van der Waals surface area contributed by atoms with E-state index in [0.29, 0.717) is 0 Å². The van der Waals surface area contributed by atoms with E-state index in [-0.39, 0.29) is 21.8 Å². The van der Waals surface area contributed by atoms with E-state index in [1.165, 1.54) is 42.6 Å². The Morgan fingerprint density at radius 3 is 2.24 bits per heavy atom. The Morgan fingerprint density at radius 2 is 1.73 bits per heavy atom. The SMILES string of the molecule is CC(C#N)(c1ccc(Cl)c(C(F)(F)F)c1)c1ccc(N/N=C(\C#N)C(=O)NC(=O)O)cc1Cl. The van der Waals surface area contributed by atoms with Gasteiger partial charge < -0.3 is 5.11 Å². The number of nitrogens with zero attached hydrogens (tertiary/aromatic N) is 3. The minimum Gasteiger partial charge on any atom is -0.465 e. The van der Waals surface area contributed by atoms with Gasteiger partial charge in [0.25, 0.3) is 5.91 Å². The van der Waals surface area contributed by atoms with Crippen LogP contribution in [0.2, 0.25) is 10.0 Å². The van der Waals surface area contributed by atoms with Crippen LogP contribution in [-0.2, 0) is 16.4 Å². The first-order chi connectivity index (χ1) is 15.3. The summed E-state index contributed by atoms with van der Waals surface area (Å²) in [6.45, 7) is 1.38. The van der Waals surface area contributed by atoms with Gasteiger partial charge in [-0.05, 0) is 42.3 Å². The van der Waals surface area contributed by atoms with E-state index >= 15 is 0 Å². The number of nitrogens with one attached hydrogen (secondary N) is 2. The molecule has 0 aliphatic carbocycles. The Labute approximate surface area is 194 Å². The van der Waals surface area contributed by atoms with Crippen molar-refractivity contribution < 1.29 is 27.9 Å². The maximum atomic E-state index is 13.3. The van der Waals surface area contributed by atoms with Gasteiger partial charge in [-0.2, -0.15) is 28.8 Å². The van der Waals surface area contributed by atoms with Crippen molar-refractivity contribution in [2.24, 2.45) is 5.10 Å². The number of carbonyl (C=O) groups excluding carboxylic acids is 1. The molecule has 0 aromatic heterocycles. The molecule has 0 saturated heterocycles. The van der Waals surface area contributed by atoms with Gasteiger partial charge in [0.05, 0.1) is 22.3 Å². The molecule has 0 saturated carbocycles. The fourth-order valence-corrected chi connectivity index (χ4v) is 3.32. The van der Waals surface area contributed by atoms with E-state index in [9.17, 15) is 28.0 Å². The number of hydrogen-bond donors (Lipinski definition) is 3. The third kappa shape index (κ3) is 5.71. The molecule has 1 unspecified atom stereocenters. The van der Waals surface area contributed by atoms with Crippen LogP contribution < -0.4 is 10.7 Å². The van der Waals surface area contributed by atoms with Crippen LogP contribution in [0.5, 0.6) is 0 Å². The average Bonchev–Trinajstić information content (AvgIpc) is 2.72. The fourth-order valence-electron chi connectivity index (χ4n) is 2.73. The summed E-state index contributed by atoms with van der Waals surface area (Å²) < 4.78 is 39.8. The Kier molecular flexibility index (Phi) is 7.54. The molecule has 0 bridgehead atoms. The number of imide groups is 1. The largest absolute Gasteiger partial charge is 0.465 e. The predicted octanol–water partition coefficient (Wildman–Crippen LogP) is 4.93. The summed E-state index contributed by atoms with van der Waals surface area (Å²) in [6, 6.07) is 10.5. The topological polar surface area (TPSA) is 138 Å². The van der Waals surface area contributed by atoms with E-state index < -0.39 is 39.9 Å². The minimum absolute atomic E-state index is 0.000497. The number of carbonyl (C=O) groups is 2. The van der Waals surface area contributed by atoms with Gasteiger partial charge in [-0.15, -0.1) is 0 Å². The van der Waals surface area contributed by atoms with Gasteiger partial charge >= 0.3 is 12.3 Å². The molecule has 0 spiro atoms. The fraction of sp³-hybridized carbons (Fsp3) is 0.150. The van der Waals surface area contributed by atoms with Crippen LogP contribution in [0.25, 0.3) is 0 Å². The summed E-state index contributed by atoms with van der Waals surface area (Å²) in [6.07, 6.45) is -6.41. The summed E-state index contributed by atoms with van der Waals surface area (Å²) in [7, 11) is 0. The van der Waals surface area contributed by atoms with Crippen molar-refractivity contribution in [3.63, 3.8) is 0 Å². The van der Waals surface area contributed by atoms with E-state index in [1.54, 1.807) is 0 Å². The van der Waals surface area contributed by atoms with Crippen molar-refractivity contribution in [2.75, 3.05) is 5.43 Å². The van der Waals surface area contributed by atoms with Crippen LogP contribution >= 0.6 is 23.2 Å². The van der Waals surface area contributed by atoms with Gasteiger partial charge in [-0.3, -0.25) is 15.5 Å². The molecule has 0 fully saturated rings.